The maximum Gasteiger partial charge on any atom is 0.184 e. The van der Waals surface area contributed by atoms with Gasteiger partial charge in [0.05, 0.1) is 36.3 Å². The van der Waals surface area contributed by atoms with E-state index in [9.17, 15) is 5.11 Å². The summed E-state index contributed by atoms with van der Waals surface area (Å²) < 4.78 is 7.40. The van der Waals surface area contributed by atoms with Crippen LogP contribution in [0.25, 0.3) is 11.4 Å². The molecule has 0 saturated heterocycles. The summed E-state index contributed by atoms with van der Waals surface area (Å²) >= 11 is 0. The average molecular weight is 441 g/mol. The minimum Gasteiger partial charge on any atom is -0.494 e. The summed E-state index contributed by atoms with van der Waals surface area (Å²) in [7, 11) is 3.46. The van der Waals surface area contributed by atoms with Gasteiger partial charge in [0.15, 0.2) is 11.6 Å². The van der Waals surface area contributed by atoms with Gasteiger partial charge in [-0.05, 0) is 35.9 Å². The number of aryl methyl sites for hydroxylation is 1. The normalized spacial score (nSPS) is 12.1. The Labute approximate surface area is 190 Å². The van der Waals surface area contributed by atoms with E-state index < -0.39 is 0 Å². The Kier molecular flexibility index (Phi) is 5.54. The first-order chi connectivity index (χ1) is 16.1. The van der Waals surface area contributed by atoms with E-state index in [4.69, 9.17) is 9.72 Å². The highest BCUT2D eigenvalue weighted by atomic mass is 16.5. The molecule has 0 atom stereocenters. The zero-order chi connectivity index (χ0) is 22.8. The highest BCUT2D eigenvalue weighted by molar-refractivity contribution is 5.86. The van der Waals surface area contributed by atoms with Gasteiger partial charge in [0, 0.05) is 43.7 Å². The number of aromatic nitrogens is 5. The van der Waals surface area contributed by atoms with Crippen molar-refractivity contribution < 1.29 is 9.84 Å². The van der Waals surface area contributed by atoms with Crippen molar-refractivity contribution in [2.75, 3.05) is 12.4 Å². The molecule has 0 fully saturated rings. The number of ether oxygens (including phenoxy) is 1. The molecular formula is C24H23N7O2. The van der Waals surface area contributed by atoms with Crippen LogP contribution >= 0.6 is 0 Å². The van der Waals surface area contributed by atoms with E-state index in [1.54, 1.807) is 30.4 Å². The second kappa shape index (κ2) is 8.79. The Morgan fingerprint density at radius 1 is 1.12 bits per heavy atom. The number of nitrogens with one attached hydrogen (secondary N) is 1. The SMILES string of the molecule is COc1c(Nc2cc(Cc3cc(CO)ccn3)nc3c2N=CC3)cccc1-c1ncn(C)n1. The molecule has 3 aromatic heterocycles. The fourth-order valence-electron chi connectivity index (χ4n) is 3.89. The lowest BCUT2D eigenvalue weighted by molar-refractivity contribution is 0.281. The monoisotopic (exact) mass is 441 g/mol. The molecule has 4 aromatic rings. The molecule has 0 unspecified atom stereocenters. The summed E-state index contributed by atoms with van der Waals surface area (Å²) in [5.74, 6) is 1.24. The first-order valence-electron chi connectivity index (χ1n) is 10.5. The number of fused-ring (bicyclic) bond motifs is 1. The predicted octanol–water partition coefficient (Wildman–Crippen LogP) is 3.37. The van der Waals surface area contributed by atoms with Crippen molar-refractivity contribution in [2.45, 2.75) is 19.4 Å². The number of methoxy groups -OCH3 is 1. The van der Waals surface area contributed by atoms with Crippen LogP contribution in [0.2, 0.25) is 0 Å². The number of aliphatic hydroxyl groups excluding tert-OH is 1. The van der Waals surface area contributed by atoms with Gasteiger partial charge >= 0.3 is 0 Å². The van der Waals surface area contributed by atoms with Gasteiger partial charge in [0.2, 0.25) is 0 Å². The summed E-state index contributed by atoms with van der Waals surface area (Å²) in [6.45, 7) is -0.0188. The minimum atomic E-state index is -0.0188. The molecule has 0 aliphatic carbocycles. The smallest absolute Gasteiger partial charge is 0.184 e. The lowest BCUT2D eigenvalue weighted by atomic mass is 10.1. The third-order valence-electron chi connectivity index (χ3n) is 5.38. The van der Waals surface area contributed by atoms with Crippen LogP contribution < -0.4 is 10.1 Å². The number of aliphatic hydroxyl groups is 1. The fraction of sp³-hybridized carbons (Fsp3) is 0.208. The van der Waals surface area contributed by atoms with E-state index in [-0.39, 0.29) is 6.61 Å². The number of aliphatic imine (C=N–C) groups is 1. The largest absolute Gasteiger partial charge is 0.494 e. The Morgan fingerprint density at radius 3 is 2.82 bits per heavy atom. The summed E-state index contributed by atoms with van der Waals surface area (Å²) in [5, 5.41) is 17.3. The van der Waals surface area contributed by atoms with Gasteiger partial charge < -0.3 is 15.2 Å². The molecule has 4 heterocycles. The van der Waals surface area contributed by atoms with Crippen LogP contribution in [0.1, 0.15) is 22.6 Å². The number of pyridine rings is 2. The van der Waals surface area contributed by atoms with E-state index >= 15 is 0 Å². The number of benzene rings is 1. The number of anilines is 2. The van der Waals surface area contributed by atoms with Gasteiger partial charge in [-0.25, -0.2) is 4.98 Å². The van der Waals surface area contributed by atoms with E-state index in [1.807, 2.05) is 43.6 Å². The topological polar surface area (TPSA) is 110 Å². The molecule has 0 radical (unpaired) electrons. The van der Waals surface area contributed by atoms with Crippen LogP contribution in [0, 0.1) is 0 Å². The molecule has 5 rings (SSSR count). The molecule has 0 bridgehead atoms. The van der Waals surface area contributed by atoms with Gasteiger partial charge in [0.1, 0.15) is 12.0 Å². The average Bonchev–Trinajstić information content (AvgIpc) is 3.48. The molecule has 9 nitrogen and oxygen atoms in total. The fourth-order valence-corrected chi connectivity index (χ4v) is 3.89. The van der Waals surface area contributed by atoms with Crippen LogP contribution in [0.3, 0.4) is 0 Å². The van der Waals surface area contributed by atoms with Crippen molar-refractivity contribution in [3.8, 4) is 17.1 Å². The van der Waals surface area contributed by atoms with E-state index in [1.165, 1.54) is 0 Å². The van der Waals surface area contributed by atoms with Crippen molar-refractivity contribution in [1.29, 1.82) is 0 Å². The van der Waals surface area contributed by atoms with Crippen molar-refractivity contribution in [3.05, 3.63) is 71.6 Å². The molecule has 1 aliphatic rings. The van der Waals surface area contributed by atoms with Gasteiger partial charge in [-0.1, -0.05) is 6.07 Å². The van der Waals surface area contributed by atoms with Crippen molar-refractivity contribution in [3.63, 3.8) is 0 Å². The Hall–Kier alpha value is -4.11. The van der Waals surface area contributed by atoms with Crippen LogP contribution in [-0.4, -0.2) is 43.2 Å². The summed E-state index contributed by atoms with van der Waals surface area (Å²) in [6, 6.07) is 11.5. The highest BCUT2D eigenvalue weighted by Crippen LogP contribution is 2.40. The third-order valence-corrected chi connectivity index (χ3v) is 5.38. The molecule has 1 aliphatic heterocycles. The molecule has 9 heteroatoms. The number of hydrogen-bond donors (Lipinski definition) is 2. The molecule has 166 valence electrons. The third kappa shape index (κ3) is 4.18. The van der Waals surface area contributed by atoms with Crippen molar-refractivity contribution >= 4 is 23.3 Å². The summed E-state index contributed by atoms with van der Waals surface area (Å²) in [6.07, 6.45) is 6.45. The van der Waals surface area contributed by atoms with E-state index in [2.05, 4.69) is 25.4 Å². The molecule has 33 heavy (non-hydrogen) atoms. The maximum atomic E-state index is 9.43. The van der Waals surface area contributed by atoms with Gasteiger partial charge in [-0.15, -0.1) is 0 Å². The predicted molar refractivity (Wildman–Crippen MR) is 125 cm³/mol. The van der Waals surface area contributed by atoms with Crippen LogP contribution in [-0.2, 0) is 26.5 Å². The zero-order valence-corrected chi connectivity index (χ0v) is 18.4. The van der Waals surface area contributed by atoms with Gasteiger partial charge in [0.25, 0.3) is 0 Å². The number of nitrogens with zero attached hydrogens (tertiary/aromatic N) is 6. The standard InChI is InChI=1S/C24H23N7O2/c1-31-14-27-24(30-31)18-4-3-5-20(23(18)33-2)29-21-12-17(28-19-7-9-26-22(19)21)11-16-10-15(13-32)6-8-25-16/h3-6,8-10,12,14,32H,7,11,13H2,1-2H3,(H,28,29). The first kappa shape index (κ1) is 20.8. The highest BCUT2D eigenvalue weighted by Gasteiger charge is 2.19. The van der Waals surface area contributed by atoms with Crippen LogP contribution in [0.15, 0.2) is 53.9 Å². The lowest BCUT2D eigenvalue weighted by Gasteiger charge is -2.16. The summed E-state index contributed by atoms with van der Waals surface area (Å²) in [4.78, 5) is 18.1. The van der Waals surface area contributed by atoms with Gasteiger partial charge in [-0.2, -0.15) is 5.10 Å². The van der Waals surface area contributed by atoms with Crippen molar-refractivity contribution in [1.82, 2.24) is 24.7 Å². The van der Waals surface area contributed by atoms with Crippen LogP contribution in [0.5, 0.6) is 5.75 Å². The molecule has 0 spiro atoms. The Balaban J connectivity index is 1.51. The second-order valence-corrected chi connectivity index (χ2v) is 7.72. The number of hydrogen-bond acceptors (Lipinski definition) is 8. The van der Waals surface area contributed by atoms with Crippen molar-refractivity contribution in [2.24, 2.45) is 12.0 Å². The lowest BCUT2D eigenvalue weighted by Crippen LogP contribution is -2.03. The van der Waals surface area contributed by atoms with E-state index in [0.717, 1.165) is 45.3 Å². The van der Waals surface area contributed by atoms with Gasteiger partial charge in [-0.3, -0.25) is 19.6 Å². The number of rotatable bonds is 7. The maximum absolute atomic E-state index is 9.43. The molecule has 0 saturated carbocycles. The Morgan fingerprint density at radius 2 is 2.03 bits per heavy atom. The quantitative estimate of drug-likeness (QED) is 0.452. The minimum absolute atomic E-state index is 0.0188. The molecule has 0 amide bonds. The molecule has 2 N–H and O–H groups in total. The first-order valence-corrected chi connectivity index (χ1v) is 10.5. The molecule has 1 aromatic carbocycles. The zero-order valence-electron chi connectivity index (χ0n) is 18.4. The van der Waals surface area contributed by atoms with E-state index in [0.29, 0.717) is 24.4 Å². The van der Waals surface area contributed by atoms with Crippen LogP contribution in [0.4, 0.5) is 17.1 Å². The Bertz CT molecular complexity index is 1350. The summed E-state index contributed by atoms with van der Waals surface area (Å²) in [5.41, 5.74) is 6.69. The molecular weight excluding hydrogens is 418 g/mol. The number of para-hydroxylation sites is 1. The second-order valence-electron chi connectivity index (χ2n) is 7.72.